The number of carbonyl (C=O) groups excluding carboxylic acids is 1. The van der Waals surface area contributed by atoms with Gasteiger partial charge in [-0.05, 0) is 48.4 Å². The molecule has 0 unspecified atom stereocenters. The van der Waals surface area contributed by atoms with Gasteiger partial charge in [-0.25, -0.2) is 0 Å². The molecule has 7 heteroatoms. The molecule has 1 aliphatic heterocycles. The minimum atomic E-state index is -0.226. The number of nitrogens with zero attached hydrogens (tertiary/aromatic N) is 3. The van der Waals surface area contributed by atoms with E-state index in [1.54, 1.807) is 11.0 Å². The zero-order valence-corrected chi connectivity index (χ0v) is 18.2. The molecule has 1 saturated heterocycles. The third kappa shape index (κ3) is 5.16. The summed E-state index contributed by atoms with van der Waals surface area (Å²) >= 11 is 7.35. The van der Waals surface area contributed by atoms with Crippen molar-refractivity contribution in [2.75, 3.05) is 6.54 Å². The van der Waals surface area contributed by atoms with E-state index in [1.807, 2.05) is 66.7 Å². The van der Waals surface area contributed by atoms with E-state index in [1.165, 1.54) is 18.0 Å². The van der Waals surface area contributed by atoms with Crippen LogP contribution in [0.1, 0.15) is 11.3 Å². The minimum absolute atomic E-state index is 0.0192. The molecule has 1 fully saturated rings. The van der Waals surface area contributed by atoms with E-state index in [2.05, 4.69) is 16.8 Å². The summed E-state index contributed by atoms with van der Waals surface area (Å²) in [6.07, 6.45) is 3.87. The second kappa shape index (κ2) is 9.81. The van der Waals surface area contributed by atoms with Crippen LogP contribution in [-0.2, 0) is 11.2 Å². The molecule has 3 aromatic rings. The Balaban J connectivity index is 1.47. The van der Waals surface area contributed by atoms with Gasteiger partial charge in [0.25, 0.3) is 0 Å². The van der Waals surface area contributed by atoms with E-state index in [0.29, 0.717) is 34.7 Å². The molecule has 5 nitrogen and oxygen atoms in total. The van der Waals surface area contributed by atoms with E-state index in [0.717, 1.165) is 11.1 Å². The van der Waals surface area contributed by atoms with Crippen molar-refractivity contribution in [1.29, 1.82) is 0 Å². The molecule has 0 spiro atoms. The van der Waals surface area contributed by atoms with Gasteiger partial charge in [0.1, 0.15) is 11.5 Å². The highest BCUT2D eigenvalue weighted by Crippen LogP contribution is 2.30. The van der Waals surface area contributed by atoms with Gasteiger partial charge in [0.15, 0.2) is 5.17 Å². The van der Waals surface area contributed by atoms with Crippen LogP contribution in [0, 0.1) is 0 Å². The summed E-state index contributed by atoms with van der Waals surface area (Å²) in [5.41, 5.74) is 2.04. The molecule has 0 N–H and O–H groups in total. The van der Waals surface area contributed by atoms with Crippen LogP contribution in [0.5, 0.6) is 0 Å². The van der Waals surface area contributed by atoms with Gasteiger partial charge in [-0.15, -0.1) is 11.7 Å². The number of amides is 1. The fourth-order valence-electron chi connectivity index (χ4n) is 3.17. The van der Waals surface area contributed by atoms with Gasteiger partial charge >= 0.3 is 0 Å². The van der Waals surface area contributed by atoms with Crippen LogP contribution in [0.15, 0.2) is 94.0 Å². The Hall–Kier alpha value is -3.09. The number of carbonyl (C=O) groups is 1. The average molecular weight is 450 g/mol. The molecular weight excluding hydrogens is 430 g/mol. The number of hydrogen-bond acceptors (Lipinski definition) is 5. The Kier molecular flexibility index (Phi) is 6.70. The van der Waals surface area contributed by atoms with Crippen molar-refractivity contribution in [3.05, 3.63) is 95.7 Å². The van der Waals surface area contributed by atoms with Crippen LogP contribution < -0.4 is 0 Å². The fourth-order valence-corrected chi connectivity index (χ4v) is 4.44. The number of thioether (sulfide) groups is 1. The molecule has 31 heavy (non-hydrogen) atoms. The highest BCUT2D eigenvalue weighted by molar-refractivity contribution is 8.15. The number of benzene rings is 2. The quantitative estimate of drug-likeness (QED) is 0.265. The first kappa shape index (κ1) is 21.2. The van der Waals surface area contributed by atoms with Crippen LogP contribution in [0.2, 0.25) is 5.02 Å². The average Bonchev–Trinajstić information content (AvgIpc) is 3.36. The lowest BCUT2D eigenvalue weighted by atomic mass is 10.1. The number of rotatable bonds is 7. The Labute approximate surface area is 190 Å². The van der Waals surface area contributed by atoms with Crippen LogP contribution in [0.3, 0.4) is 0 Å². The van der Waals surface area contributed by atoms with Crippen LogP contribution in [-0.4, -0.2) is 34.0 Å². The first-order valence-electron chi connectivity index (χ1n) is 9.73. The summed E-state index contributed by atoms with van der Waals surface area (Å²) in [7, 11) is 0. The SMILES string of the molecule is C=CCN1C(=O)[C@@H](Cc2ccccc2)S/C1=N\N=C/c1ccc(-c2ccc(Cl)cc2)o1. The molecular formula is C24H20ClN3O2S. The number of amidine groups is 1. The van der Waals surface area contributed by atoms with Gasteiger partial charge in [0.2, 0.25) is 5.91 Å². The maximum atomic E-state index is 12.8. The van der Waals surface area contributed by atoms with Crippen molar-refractivity contribution in [3.8, 4) is 11.3 Å². The van der Waals surface area contributed by atoms with Crippen molar-refractivity contribution in [3.63, 3.8) is 0 Å². The molecule has 2 aromatic carbocycles. The van der Waals surface area contributed by atoms with Gasteiger partial charge in [0.05, 0.1) is 11.5 Å². The molecule has 1 aliphatic rings. The molecule has 2 heterocycles. The van der Waals surface area contributed by atoms with Crippen LogP contribution >= 0.6 is 23.4 Å². The largest absolute Gasteiger partial charge is 0.455 e. The van der Waals surface area contributed by atoms with Crippen LogP contribution in [0.25, 0.3) is 11.3 Å². The predicted octanol–water partition coefficient (Wildman–Crippen LogP) is 5.66. The molecule has 0 bridgehead atoms. The Bertz CT molecular complexity index is 1120. The summed E-state index contributed by atoms with van der Waals surface area (Å²) < 4.78 is 5.80. The van der Waals surface area contributed by atoms with Gasteiger partial charge in [-0.2, -0.15) is 5.10 Å². The maximum absolute atomic E-state index is 12.8. The summed E-state index contributed by atoms with van der Waals surface area (Å²) in [5, 5.41) is 9.44. The summed E-state index contributed by atoms with van der Waals surface area (Å²) in [4.78, 5) is 14.4. The topological polar surface area (TPSA) is 58.2 Å². The molecule has 0 aliphatic carbocycles. The fraction of sp³-hybridized carbons (Fsp3) is 0.125. The first-order chi connectivity index (χ1) is 15.1. The molecule has 156 valence electrons. The van der Waals surface area contributed by atoms with Gasteiger partial charge in [-0.1, -0.05) is 59.8 Å². The predicted molar refractivity (Wildman–Crippen MR) is 128 cm³/mol. The second-order valence-corrected chi connectivity index (χ2v) is 8.48. The van der Waals surface area contributed by atoms with Crippen molar-refractivity contribution < 1.29 is 9.21 Å². The minimum Gasteiger partial charge on any atom is -0.455 e. The van der Waals surface area contributed by atoms with Crippen molar-refractivity contribution >= 4 is 40.7 Å². The lowest BCUT2D eigenvalue weighted by Gasteiger charge is -2.12. The standard InChI is InChI=1S/C24H20ClN3O2S/c1-2-14-28-23(29)22(15-17-6-4-3-5-7-17)31-24(28)27-26-16-20-12-13-21(30-20)18-8-10-19(25)11-9-18/h2-13,16,22H,1,14-15H2/b26-16-,27-24-/t22-/m1/s1. The summed E-state index contributed by atoms with van der Waals surface area (Å²) in [6, 6.07) is 21.1. The van der Waals surface area contributed by atoms with Gasteiger partial charge < -0.3 is 4.42 Å². The normalized spacial score (nSPS) is 17.7. The van der Waals surface area contributed by atoms with E-state index < -0.39 is 0 Å². The summed E-state index contributed by atoms with van der Waals surface area (Å²) in [5.74, 6) is 1.30. The van der Waals surface area contributed by atoms with Crippen molar-refractivity contribution in [2.45, 2.75) is 11.7 Å². The molecule has 0 saturated carbocycles. The highest BCUT2D eigenvalue weighted by Gasteiger charge is 2.37. The first-order valence-corrected chi connectivity index (χ1v) is 11.0. The number of furan rings is 1. The van der Waals surface area contributed by atoms with Gasteiger partial charge in [-0.3, -0.25) is 9.69 Å². The zero-order chi connectivity index (χ0) is 21.6. The molecule has 0 radical (unpaired) electrons. The lowest BCUT2D eigenvalue weighted by molar-refractivity contribution is -0.125. The maximum Gasteiger partial charge on any atom is 0.242 e. The van der Waals surface area contributed by atoms with E-state index >= 15 is 0 Å². The van der Waals surface area contributed by atoms with Crippen molar-refractivity contribution in [1.82, 2.24) is 4.90 Å². The lowest BCUT2D eigenvalue weighted by Crippen LogP contribution is -2.32. The van der Waals surface area contributed by atoms with Crippen molar-refractivity contribution in [2.24, 2.45) is 10.2 Å². The second-order valence-electron chi connectivity index (χ2n) is 6.87. The van der Waals surface area contributed by atoms with Crippen LogP contribution in [0.4, 0.5) is 0 Å². The molecule has 4 rings (SSSR count). The Morgan fingerprint density at radius 3 is 2.61 bits per heavy atom. The highest BCUT2D eigenvalue weighted by atomic mass is 35.5. The molecule has 1 aromatic heterocycles. The third-order valence-electron chi connectivity index (χ3n) is 4.68. The zero-order valence-electron chi connectivity index (χ0n) is 16.6. The third-order valence-corrected chi connectivity index (χ3v) is 6.10. The van der Waals surface area contributed by atoms with E-state index in [9.17, 15) is 4.79 Å². The summed E-state index contributed by atoms with van der Waals surface area (Å²) in [6.45, 7) is 4.14. The monoisotopic (exact) mass is 449 g/mol. The molecule has 1 atom stereocenters. The number of hydrogen-bond donors (Lipinski definition) is 0. The smallest absolute Gasteiger partial charge is 0.242 e. The Morgan fingerprint density at radius 1 is 1.10 bits per heavy atom. The number of halogens is 1. The van der Waals surface area contributed by atoms with E-state index in [4.69, 9.17) is 16.0 Å². The Morgan fingerprint density at radius 2 is 1.87 bits per heavy atom. The van der Waals surface area contributed by atoms with E-state index in [-0.39, 0.29) is 11.2 Å². The molecule has 1 amide bonds. The van der Waals surface area contributed by atoms with Gasteiger partial charge in [0, 0.05) is 17.1 Å².